The molecule has 5 heteroatoms. The molecule has 0 saturated carbocycles. The lowest BCUT2D eigenvalue weighted by Gasteiger charge is -2.17. The van der Waals surface area contributed by atoms with Gasteiger partial charge in [0.05, 0.1) is 19.3 Å². The topological polar surface area (TPSA) is 70.6 Å². The summed E-state index contributed by atoms with van der Waals surface area (Å²) in [5.41, 5.74) is 0.685. The molecule has 1 fully saturated rings. The molecule has 1 aliphatic heterocycles. The smallest absolute Gasteiger partial charge is 0.237 e. The van der Waals surface area contributed by atoms with Gasteiger partial charge in [-0.1, -0.05) is 18.2 Å². The van der Waals surface area contributed by atoms with Gasteiger partial charge < -0.3 is 20.5 Å². The highest BCUT2D eigenvalue weighted by molar-refractivity contribution is 5.82. The SMILES string of the molecule is COc1ccccc1[C@@H](O)CNC(=O)[C@@H]1CCCN1. The maximum absolute atomic E-state index is 11.8. The molecule has 1 amide bonds. The summed E-state index contributed by atoms with van der Waals surface area (Å²) in [4.78, 5) is 11.8. The number of nitrogens with one attached hydrogen (secondary N) is 2. The Kier molecular flexibility index (Phi) is 4.76. The molecule has 0 radical (unpaired) electrons. The number of aliphatic hydroxyl groups is 1. The van der Waals surface area contributed by atoms with E-state index in [0.717, 1.165) is 19.4 Å². The highest BCUT2D eigenvalue weighted by Gasteiger charge is 2.22. The van der Waals surface area contributed by atoms with Crippen LogP contribution in [0.4, 0.5) is 0 Å². The molecular formula is C14H20N2O3. The number of hydrogen-bond donors (Lipinski definition) is 3. The Balaban J connectivity index is 1.89. The van der Waals surface area contributed by atoms with E-state index in [4.69, 9.17) is 4.74 Å². The van der Waals surface area contributed by atoms with E-state index in [9.17, 15) is 9.90 Å². The number of carbonyl (C=O) groups excluding carboxylic acids is 1. The quantitative estimate of drug-likeness (QED) is 0.728. The minimum atomic E-state index is -0.762. The molecule has 3 N–H and O–H groups in total. The molecule has 0 bridgehead atoms. The van der Waals surface area contributed by atoms with Crippen LogP contribution in [0.3, 0.4) is 0 Å². The van der Waals surface area contributed by atoms with Gasteiger partial charge in [-0.3, -0.25) is 4.79 Å². The van der Waals surface area contributed by atoms with Gasteiger partial charge in [-0.05, 0) is 25.5 Å². The highest BCUT2D eigenvalue weighted by Crippen LogP contribution is 2.24. The average molecular weight is 264 g/mol. The second-order valence-electron chi connectivity index (χ2n) is 4.65. The first kappa shape index (κ1) is 13.8. The van der Waals surface area contributed by atoms with Gasteiger partial charge >= 0.3 is 0 Å². The first-order valence-corrected chi connectivity index (χ1v) is 6.54. The lowest BCUT2D eigenvalue weighted by Crippen LogP contribution is -2.41. The van der Waals surface area contributed by atoms with E-state index in [2.05, 4.69) is 10.6 Å². The van der Waals surface area contributed by atoms with Crippen molar-refractivity contribution >= 4 is 5.91 Å². The van der Waals surface area contributed by atoms with Gasteiger partial charge in [0.1, 0.15) is 5.75 Å². The van der Waals surface area contributed by atoms with Crippen molar-refractivity contribution in [3.63, 3.8) is 0 Å². The Morgan fingerprint density at radius 1 is 1.58 bits per heavy atom. The maximum Gasteiger partial charge on any atom is 0.237 e. The molecule has 1 aromatic carbocycles. The third-order valence-corrected chi connectivity index (χ3v) is 3.34. The number of benzene rings is 1. The van der Waals surface area contributed by atoms with Crippen LogP contribution >= 0.6 is 0 Å². The van der Waals surface area contributed by atoms with Crippen molar-refractivity contribution < 1.29 is 14.6 Å². The maximum atomic E-state index is 11.8. The monoisotopic (exact) mass is 264 g/mol. The molecule has 0 aliphatic carbocycles. The molecule has 2 rings (SSSR count). The minimum Gasteiger partial charge on any atom is -0.496 e. The van der Waals surface area contributed by atoms with Crippen molar-refractivity contribution in [2.75, 3.05) is 20.2 Å². The number of aliphatic hydroxyl groups excluding tert-OH is 1. The number of carbonyl (C=O) groups is 1. The fraction of sp³-hybridized carbons (Fsp3) is 0.500. The van der Waals surface area contributed by atoms with Gasteiger partial charge in [0.25, 0.3) is 0 Å². The largest absolute Gasteiger partial charge is 0.496 e. The number of para-hydroxylation sites is 1. The lowest BCUT2D eigenvalue weighted by molar-refractivity contribution is -0.123. The van der Waals surface area contributed by atoms with Crippen LogP contribution in [0.5, 0.6) is 5.75 Å². The summed E-state index contributed by atoms with van der Waals surface area (Å²) in [7, 11) is 1.56. The van der Waals surface area contributed by atoms with E-state index < -0.39 is 6.10 Å². The molecule has 19 heavy (non-hydrogen) atoms. The third kappa shape index (κ3) is 3.45. The van der Waals surface area contributed by atoms with Crippen molar-refractivity contribution in [2.24, 2.45) is 0 Å². The van der Waals surface area contributed by atoms with Crippen LogP contribution in [-0.2, 0) is 4.79 Å². The van der Waals surface area contributed by atoms with Crippen LogP contribution in [0.15, 0.2) is 24.3 Å². The van der Waals surface area contributed by atoms with E-state index >= 15 is 0 Å². The minimum absolute atomic E-state index is 0.0496. The Morgan fingerprint density at radius 3 is 3.05 bits per heavy atom. The summed E-state index contributed by atoms with van der Waals surface area (Å²) in [5, 5.41) is 16.0. The van der Waals surface area contributed by atoms with Gasteiger partial charge in [-0.15, -0.1) is 0 Å². The van der Waals surface area contributed by atoms with Crippen LogP contribution in [-0.4, -0.2) is 37.3 Å². The molecular weight excluding hydrogens is 244 g/mol. The van der Waals surface area contributed by atoms with Crippen LogP contribution in [0.1, 0.15) is 24.5 Å². The van der Waals surface area contributed by atoms with Crippen LogP contribution in [0, 0.1) is 0 Å². The van der Waals surface area contributed by atoms with E-state index in [1.165, 1.54) is 0 Å². The first-order chi connectivity index (χ1) is 9.22. The molecule has 1 aromatic rings. The van der Waals surface area contributed by atoms with Crippen molar-refractivity contribution in [3.05, 3.63) is 29.8 Å². The van der Waals surface area contributed by atoms with E-state index in [1.54, 1.807) is 19.2 Å². The number of hydrogen-bond acceptors (Lipinski definition) is 4. The predicted octanol–water partition coefficient (Wildman–Crippen LogP) is 0.597. The van der Waals surface area contributed by atoms with Crippen LogP contribution < -0.4 is 15.4 Å². The lowest BCUT2D eigenvalue weighted by atomic mass is 10.1. The summed E-state index contributed by atoms with van der Waals surface area (Å²) in [6, 6.07) is 7.14. The normalized spacial score (nSPS) is 20.0. The van der Waals surface area contributed by atoms with Crippen LogP contribution in [0.2, 0.25) is 0 Å². The predicted molar refractivity (Wildman–Crippen MR) is 72.0 cm³/mol. The molecule has 0 unspecified atom stereocenters. The summed E-state index contributed by atoms with van der Waals surface area (Å²) < 4.78 is 5.19. The second kappa shape index (κ2) is 6.54. The Bertz CT molecular complexity index is 430. The molecule has 0 spiro atoms. The van der Waals surface area contributed by atoms with E-state index in [1.807, 2.05) is 12.1 Å². The number of methoxy groups -OCH3 is 1. The molecule has 5 nitrogen and oxygen atoms in total. The van der Waals surface area contributed by atoms with Crippen molar-refractivity contribution in [1.82, 2.24) is 10.6 Å². The Morgan fingerprint density at radius 2 is 2.37 bits per heavy atom. The number of amides is 1. The van der Waals surface area contributed by atoms with Gasteiger partial charge in [0.15, 0.2) is 0 Å². The Labute approximate surface area is 113 Å². The fourth-order valence-corrected chi connectivity index (χ4v) is 2.28. The standard InChI is InChI=1S/C14H20N2O3/c1-19-13-7-3-2-5-10(13)12(17)9-16-14(18)11-6-4-8-15-11/h2-3,5,7,11-12,15,17H,4,6,8-9H2,1H3,(H,16,18)/t11-,12-/m0/s1. The zero-order valence-corrected chi connectivity index (χ0v) is 11.1. The third-order valence-electron chi connectivity index (χ3n) is 3.34. The van der Waals surface area contributed by atoms with Crippen molar-refractivity contribution in [3.8, 4) is 5.75 Å². The highest BCUT2D eigenvalue weighted by atomic mass is 16.5. The van der Waals surface area contributed by atoms with Crippen molar-refractivity contribution in [2.45, 2.75) is 25.0 Å². The Hall–Kier alpha value is -1.59. The fourth-order valence-electron chi connectivity index (χ4n) is 2.28. The second-order valence-corrected chi connectivity index (χ2v) is 4.65. The van der Waals surface area contributed by atoms with Crippen LogP contribution in [0.25, 0.3) is 0 Å². The average Bonchev–Trinajstić information content (AvgIpc) is 2.98. The molecule has 1 saturated heterocycles. The number of rotatable bonds is 5. The molecule has 1 heterocycles. The molecule has 0 aromatic heterocycles. The number of ether oxygens (including phenoxy) is 1. The molecule has 2 atom stereocenters. The van der Waals surface area contributed by atoms with Gasteiger partial charge in [-0.2, -0.15) is 0 Å². The van der Waals surface area contributed by atoms with Gasteiger partial charge in [0, 0.05) is 12.1 Å². The van der Waals surface area contributed by atoms with Crippen molar-refractivity contribution in [1.29, 1.82) is 0 Å². The molecule has 1 aliphatic rings. The molecule has 104 valence electrons. The summed E-state index contributed by atoms with van der Waals surface area (Å²) in [5.74, 6) is 0.578. The van der Waals surface area contributed by atoms with E-state index in [-0.39, 0.29) is 18.5 Å². The first-order valence-electron chi connectivity index (χ1n) is 6.54. The zero-order chi connectivity index (χ0) is 13.7. The summed E-state index contributed by atoms with van der Waals surface area (Å²) in [6.45, 7) is 1.07. The zero-order valence-electron chi connectivity index (χ0n) is 11.1. The summed E-state index contributed by atoms with van der Waals surface area (Å²) in [6.07, 6.45) is 1.12. The van der Waals surface area contributed by atoms with Gasteiger partial charge in [0.2, 0.25) is 5.91 Å². The van der Waals surface area contributed by atoms with Gasteiger partial charge in [-0.25, -0.2) is 0 Å². The summed E-state index contributed by atoms with van der Waals surface area (Å²) >= 11 is 0. The van der Waals surface area contributed by atoms with E-state index in [0.29, 0.717) is 11.3 Å².